The number of aromatic nitrogens is 2. The predicted molar refractivity (Wildman–Crippen MR) is 81.2 cm³/mol. The van der Waals surface area contributed by atoms with E-state index in [0.29, 0.717) is 5.92 Å². The zero-order valence-corrected chi connectivity index (χ0v) is 13.6. The average molecular weight is 340 g/mol. The van der Waals surface area contributed by atoms with Gasteiger partial charge in [0.05, 0.1) is 10.7 Å². The van der Waals surface area contributed by atoms with Crippen molar-refractivity contribution in [3.8, 4) is 0 Å². The zero-order valence-electron chi connectivity index (χ0n) is 12.1. The topological polar surface area (TPSA) is 46.9 Å². The number of nitrogens with one attached hydrogen (secondary N) is 1. The predicted octanol–water partition coefficient (Wildman–Crippen LogP) is 3.15. The molecule has 1 heterocycles. The largest absolute Gasteiger partial charge is 0.352 e. The van der Waals surface area contributed by atoms with Gasteiger partial charge in [-0.1, -0.05) is 6.42 Å². The Hall–Kier alpha value is -0.840. The molecule has 2 bridgehead atoms. The second-order valence-electron chi connectivity index (χ2n) is 6.45. The van der Waals surface area contributed by atoms with Gasteiger partial charge in [-0.05, 0) is 66.8 Å². The molecule has 1 aromatic rings. The van der Waals surface area contributed by atoms with Crippen LogP contribution in [0.2, 0.25) is 0 Å². The lowest BCUT2D eigenvalue weighted by Crippen LogP contribution is -2.43. The third-order valence-electron chi connectivity index (χ3n) is 5.15. The van der Waals surface area contributed by atoms with Crippen LogP contribution in [0.3, 0.4) is 0 Å². The lowest BCUT2D eigenvalue weighted by Gasteiger charge is -2.29. The second-order valence-corrected chi connectivity index (χ2v) is 7.37. The number of rotatable bonds is 4. The minimum atomic E-state index is -0.262. The van der Waals surface area contributed by atoms with Crippen molar-refractivity contribution < 1.29 is 4.79 Å². The fourth-order valence-corrected chi connectivity index (χ4v) is 4.31. The number of nitrogens with zero attached hydrogens (tertiary/aromatic N) is 2. The van der Waals surface area contributed by atoms with E-state index in [1.165, 1.54) is 25.7 Å². The van der Waals surface area contributed by atoms with Crippen LogP contribution in [0.15, 0.2) is 16.9 Å². The molecule has 20 heavy (non-hydrogen) atoms. The molecule has 4 nitrogen and oxygen atoms in total. The number of hydrogen-bond donors (Lipinski definition) is 1. The van der Waals surface area contributed by atoms with E-state index >= 15 is 0 Å². The Morgan fingerprint density at radius 2 is 2.25 bits per heavy atom. The standard InChI is InChI=1S/C15H22BrN3O/c1-9(14-6-11-3-4-12(14)5-11)18-15(20)10(2)19-8-13(16)7-17-19/h7-12,14H,3-6H2,1-2H3,(H,18,20). The molecule has 0 saturated heterocycles. The molecule has 5 unspecified atom stereocenters. The van der Waals surface area contributed by atoms with Crippen molar-refractivity contribution in [2.75, 3.05) is 0 Å². The van der Waals surface area contributed by atoms with Crippen molar-refractivity contribution in [3.63, 3.8) is 0 Å². The van der Waals surface area contributed by atoms with Gasteiger partial charge >= 0.3 is 0 Å². The van der Waals surface area contributed by atoms with Gasteiger partial charge < -0.3 is 5.32 Å². The molecule has 2 aliphatic rings. The van der Waals surface area contributed by atoms with Crippen molar-refractivity contribution in [1.29, 1.82) is 0 Å². The Labute approximate surface area is 128 Å². The number of carbonyl (C=O) groups is 1. The van der Waals surface area contributed by atoms with Gasteiger partial charge in [0.25, 0.3) is 0 Å². The summed E-state index contributed by atoms with van der Waals surface area (Å²) in [6.07, 6.45) is 8.99. The summed E-state index contributed by atoms with van der Waals surface area (Å²) in [5.74, 6) is 2.50. The summed E-state index contributed by atoms with van der Waals surface area (Å²) in [5.41, 5.74) is 0. The molecule has 3 rings (SSSR count). The molecule has 0 spiro atoms. The first kappa shape index (κ1) is 14.1. The van der Waals surface area contributed by atoms with Crippen LogP contribution in [0.1, 0.15) is 45.6 Å². The maximum Gasteiger partial charge on any atom is 0.244 e. The number of amides is 1. The first-order valence-electron chi connectivity index (χ1n) is 7.54. The van der Waals surface area contributed by atoms with Crippen LogP contribution in [0, 0.1) is 17.8 Å². The highest BCUT2D eigenvalue weighted by molar-refractivity contribution is 9.10. The van der Waals surface area contributed by atoms with Crippen molar-refractivity contribution in [1.82, 2.24) is 15.1 Å². The first-order valence-corrected chi connectivity index (χ1v) is 8.34. The Kier molecular flexibility index (Phi) is 3.89. The van der Waals surface area contributed by atoms with Gasteiger partial charge in [0.2, 0.25) is 5.91 Å². The van der Waals surface area contributed by atoms with Crippen LogP contribution in [0.4, 0.5) is 0 Å². The quantitative estimate of drug-likeness (QED) is 0.915. The monoisotopic (exact) mass is 339 g/mol. The van der Waals surface area contributed by atoms with Crippen molar-refractivity contribution in [2.45, 2.75) is 51.6 Å². The SMILES string of the molecule is CC(NC(=O)C(C)n1cc(Br)cn1)C1CC2CCC1C2. The average Bonchev–Trinajstić information content (AvgIpc) is 3.13. The van der Waals surface area contributed by atoms with E-state index in [4.69, 9.17) is 0 Å². The minimum Gasteiger partial charge on any atom is -0.352 e. The normalized spacial score (nSPS) is 31.2. The Morgan fingerprint density at radius 3 is 2.80 bits per heavy atom. The number of fused-ring (bicyclic) bond motifs is 2. The molecule has 110 valence electrons. The first-order chi connectivity index (χ1) is 9.54. The van der Waals surface area contributed by atoms with E-state index < -0.39 is 0 Å². The Bertz CT molecular complexity index is 501. The Morgan fingerprint density at radius 1 is 1.45 bits per heavy atom. The van der Waals surface area contributed by atoms with Crippen LogP contribution in [0.25, 0.3) is 0 Å². The number of carbonyl (C=O) groups excluding carboxylic acids is 1. The summed E-state index contributed by atoms with van der Waals surface area (Å²) in [6, 6.07) is 0.0154. The van der Waals surface area contributed by atoms with Gasteiger partial charge in [0.1, 0.15) is 6.04 Å². The van der Waals surface area contributed by atoms with Crippen molar-refractivity contribution >= 4 is 21.8 Å². The van der Waals surface area contributed by atoms with E-state index in [-0.39, 0.29) is 18.0 Å². The van der Waals surface area contributed by atoms with E-state index in [9.17, 15) is 4.79 Å². The molecule has 2 fully saturated rings. The van der Waals surface area contributed by atoms with Gasteiger partial charge in [0, 0.05) is 12.2 Å². The van der Waals surface area contributed by atoms with Crippen LogP contribution in [-0.2, 0) is 4.79 Å². The molecule has 0 aromatic carbocycles. The smallest absolute Gasteiger partial charge is 0.244 e. The highest BCUT2D eigenvalue weighted by Gasteiger charge is 2.42. The van der Waals surface area contributed by atoms with Crippen LogP contribution in [-0.4, -0.2) is 21.7 Å². The molecule has 2 saturated carbocycles. The highest BCUT2D eigenvalue weighted by atomic mass is 79.9. The van der Waals surface area contributed by atoms with E-state index in [1.807, 2.05) is 13.1 Å². The maximum absolute atomic E-state index is 12.3. The summed E-state index contributed by atoms with van der Waals surface area (Å²) in [5, 5.41) is 7.39. The minimum absolute atomic E-state index is 0.0656. The summed E-state index contributed by atoms with van der Waals surface area (Å²) in [6.45, 7) is 4.05. The van der Waals surface area contributed by atoms with Gasteiger partial charge in [-0.3, -0.25) is 9.48 Å². The Balaban J connectivity index is 1.58. The fraction of sp³-hybridized carbons (Fsp3) is 0.733. The summed E-state index contributed by atoms with van der Waals surface area (Å²) < 4.78 is 2.60. The van der Waals surface area contributed by atoms with Gasteiger partial charge in [-0.25, -0.2) is 0 Å². The molecule has 1 amide bonds. The molecule has 0 aliphatic heterocycles. The van der Waals surface area contributed by atoms with Gasteiger partial charge in [0.15, 0.2) is 0 Å². The van der Waals surface area contributed by atoms with Crippen molar-refractivity contribution in [3.05, 3.63) is 16.9 Å². The van der Waals surface area contributed by atoms with Crippen LogP contribution >= 0.6 is 15.9 Å². The summed E-state index contributed by atoms with van der Waals surface area (Å²) in [4.78, 5) is 12.3. The van der Waals surface area contributed by atoms with Crippen molar-refractivity contribution in [2.24, 2.45) is 17.8 Å². The van der Waals surface area contributed by atoms with Crippen LogP contribution < -0.4 is 5.32 Å². The lowest BCUT2D eigenvalue weighted by molar-refractivity contribution is -0.125. The van der Waals surface area contributed by atoms with Gasteiger partial charge in [-0.2, -0.15) is 5.10 Å². The fourth-order valence-electron chi connectivity index (χ4n) is 4.01. The zero-order chi connectivity index (χ0) is 14.3. The molecular formula is C15H22BrN3O. The molecule has 2 aliphatic carbocycles. The van der Waals surface area contributed by atoms with Gasteiger partial charge in [-0.15, -0.1) is 0 Å². The third kappa shape index (κ3) is 2.65. The van der Waals surface area contributed by atoms with E-state index in [2.05, 4.69) is 33.3 Å². The summed E-state index contributed by atoms with van der Waals surface area (Å²) in [7, 11) is 0. The third-order valence-corrected chi connectivity index (χ3v) is 5.56. The number of hydrogen-bond acceptors (Lipinski definition) is 2. The van der Waals surface area contributed by atoms with E-state index in [0.717, 1.165) is 16.3 Å². The van der Waals surface area contributed by atoms with Crippen LogP contribution in [0.5, 0.6) is 0 Å². The molecule has 5 heteroatoms. The molecule has 1 N–H and O–H groups in total. The second kappa shape index (κ2) is 5.51. The summed E-state index contributed by atoms with van der Waals surface area (Å²) >= 11 is 3.36. The lowest BCUT2D eigenvalue weighted by atomic mass is 9.84. The molecular weight excluding hydrogens is 318 g/mol. The maximum atomic E-state index is 12.3. The number of halogens is 1. The van der Waals surface area contributed by atoms with E-state index in [1.54, 1.807) is 10.9 Å². The highest BCUT2D eigenvalue weighted by Crippen LogP contribution is 2.49. The molecule has 0 radical (unpaired) electrons. The molecule has 1 aromatic heterocycles. The molecule has 5 atom stereocenters.